The Balaban J connectivity index is 2.61. The van der Waals surface area contributed by atoms with Crippen molar-refractivity contribution in [1.82, 2.24) is 4.98 Å². The first-order valence-electron chi connectivity index (χ1n) is 5.17. The van der Waals surface area contributed by atoms with Crippen LogP contribution < -0.4 is 5.32 Å². The lowest BCUT2D eigenvalue weighted by Crippen LogP contribution is -1.92. The van der Waals surface area contributed by atoms with Crippen LogP contribution in [0.25, 0.3) is 11.3 Å². The minimum Gasteiger partial charge on any atom is -0.365 e. The van der Waals surface area contributed by atoms with Crippen molar-refractivity contribution in [3.8, 4) is 11.3 Å². The SMILES string of the molecule is CNc1nc(-c2cc(Cl)cc(Cl)c2)c(C(C)=O)s1. The van der Waals surface area contributed by atoms with Gasteiger partial charge in [-0.2, -0.15) is 0 Å². The van der Waals surface area contributed by atoms with Gasteiger partial charge in [-0.05, 0) is 18.2 Å². The molecule has 0 unspecified atom stereocenters. The molecule has 94 valence electrons. The van der Waals surface area contributed by atoms with Gasteiger partial charge in [0.25, 0.3) is 0 Å². The van der Waals surface area contributed by atoms with E-state index >= 15 is 0 Å². The van der Waals surface area contributed by atoms with Gasteiger partial charge in [0.15, 0.2) is 10.9 Å². The van der Waals surface area contributed by atoms with Gasteiger partial charge >= 0.3 is 0 Å². The zero-order chi connectivity index (χ0) is 13.3. The Kier molecular flexibility index (Phi) is 3.90. The van der Waals surface area contributed by atoms with E-state index in [4.69, 9.17) is 23.2 Å². The lowest BCUT2D eigenvalue weighted by Gasteiger charge is -2.01. The lowest BCUT2D eigenvalue weighted by atomic mass is 10.1. The van der Waals surface area contributed by atoms with E-state index in [9.17, 15) is 4.79 Å². The average Bonchev–Trinajstić information content (AvgIpc) is 2.71. The molecule has 1 aromatic heterocycles. The Morgan fingerprint density at radius 2 is 1.89 bits per heavy atom. The third kappa shape index (κ3) is 2.66. The highest BCUT2D eigenvalue weighted by atomic mass is 35.5. The molecule has 0 amide bonds. The number of carbonyl (C=O) groups is 1. The highest BCUT2D eigenvalue weighted by Gasteiger charge is 2.16. The number of hydrogen-bond donors (Lipinski definition) is 1. The van der Waals surface area contributed by atoms with Crippen molar-refractivity contribution in [3.05, 3.63) is 33.1 Å². The zero-order valence-corrected chi connectivity index (χ0v) is 12.1. The molecule has 0 bridgehead atoms. The van der Waals surface area contributed by atoms with E-state index in [1.807, 2.05) is 0 Å². The van der Waals surface area contributed by atoms with Gasteiger partial charge in [0.05, 0.1) is 10.6 Å². The Hall–Kier alpha value is -1.10. The van der Waals surface area contributed by atoms with Crippen LogP contribution >= 0.6 is 34.5 Å². The molecule has 0 aliphatic rings. The molecule has 0 spiro atoms. The third-order valence-corrected chi connectivity index (χ3v) is 3.91. The molecule has 18 heavy (non-hydrogen) atoms. The van der Waals surface area contributed by atoms with Crippen LogP contribution in [0.3, 0.4) is 0 Å². The van der Waals surface area contributed by atoms with E-state index in [-0.39, 0.29) is 5.78 Å². The molecule has 0 aliphatic heterocycles. The molecular formula is C12H10Cl2N2OS. The molecule has 3 nitrogen and oxygen atoms in total. The summed E-state index contributed by atoms with van der Waals surface area (Å²) in [5.41, 5.74) is 1.36. The standard InChI is InChI=1S/C12H10Cl2N2OS/c1-6(17)11-10(16-12(15-2)18-11)7-3-8(13)5-9(14)4-7/h3-5H,1-2H3,(H,15,16). The summed E-state index contributed by atoms with van der Waals surface area (Å²) in [4.78, 5) is 16.6. The van der Waals surface area contributed by atoms with Crippen molar-refractivity contribution in [2.75, 3.05) is 12.4 Å². The van der Waals surface area contributed by atoms with Gasteiger partial charge in [-0.1, -0.05) is 34.5 Å². The number of rotatable bonds is 3. The van der Waals surface area contributed by atoms with Crippen molar-refractivity contribution in [2.45, 2.75) is 6.92 Å². The molecule has 0 saturated carbocycles. The molecule has 6 heteroatoms. The monoisotopic (exact) mass is 300 g/mol. The number of halogens is 2. The first kappa shape index (κ1) is 13.3. The number of benzene rings is 1. The van der Waals surface area contributed by atoms with Crippen LogP contribution in [0.15, 0.2) is 18.2 Å². The Bertz CT molecular complexity index is 590. The van der Waals surface area contributed by atoms with Crippen LogP contribution in [0.4, 0.5) is 5.13 Å². The third-order valence-electron chi connectivity index (χ3n) is 2.30. The molecule has 0 atom stereocenters. The summed E-state index contributed by atoms with van der Waals surface area (Å²) >= 11 is 13.2. The van der Waals surface area contributed by atoms with E-state index in [0.29, 0.717) is 25.7 Å². The van der Waals surface area contributed by atoms with Gasteiger partial charge in [-0.15, -0.1) is 0 Å². The van der Waals surface area contributed by atoms with Gasteiger partial charge < -0.3 is 5.32 Å². The summed E-state index contributed by atoms with van der Waals surface area (Å²) < 4.78 is 0. The van der Waals surface area contributed by atoms with Gasteiger partial charge in [0, 0.05) is 29.6 Å². The van der Waals surface area contributed by atoms with Crippen LogP contribution in [0.1, 0.15) is 16.6 Å². The fourth-order valence-electron chi connectivity index (χ4n) is 1.55. The second-order valence-electron chi connectivity index (χ2n) is 3.66. The molecule has 1 aromatic carbocycles. The van der Waals surface area contributed by atoms with Crippen molar-refractivity contribution in [1.29, 1.82) is 0 Å². The van der Waals surface area contributed by atoms with Crippen LogP contribution in [0.2, 0.25) is 10.0 Å². The van der Waals surface area contributed by atoms with Gasteiger partial charge in [-0.3, -0.25) is 4.79 Å². The zero-order valence-electron chi connectivity index (χ0n) is 9.75. The number of hydrogen-bond acceptors (Lipinski definition) is 4. The van der Waals surface area contributed by atoms with E-state index in [2.05, 4.69) is 10.3 Å². The van der Waals surface area contributed by atoms with Crippen molar-refractivity contribution in [2.24, 2.45) is 0 Å². The highest BCUT2D eigenvalue weighted by molar-refractivity contribution is 7.18. The quantitative estimate of drug-likeness (QED) is 0.856. The van der Waals surface area contributed by atoms with E-state index in [0.717, 1.165) is 5.56 Å². The first-order chi connectivity index (χ1) is 8.51. The Labute approximate surface area is 119 Å². The number of nitrogens with one attached hydrogen (secondary N) is 1. The Morgan fingerprint density at radius 1 is 1.28 bits per heavy atom. The Morgan fingerprint density at radius 3 is 2.39 bits per heavy atom. The molecule has 1 N–H and O–H groups in total. The normalized spacial score (nSPS) is 10.4. The van der Waals surface area contributed by atoms with Gasteiger partial charge in [-0.25, -0.2) is 4.98 Å². The minimum atomic E-state index is -0.0277. The summed E-state index contributed by atoms with van der Waals surface area (Å²) in [6.45, 7) is 1.52. The van der Waals surface area contributed by atoms with E-state index in [1.54, 1.807) is 25.2 Å². The molecule has 0 fully saturated rings. The summed E-state index contributed by atoms with van der Waals surface area (Å²) in [6.07, 6.45) is 0. The summed E-state index contributed by atoms with van der Waals surface area (Å²) in [6, 6.07) is 5.13. The summed E-state index contributed by atoms with van der Waals surface area (Å²) in [5.74, 6) is -0.0277. The molecular weight excluding hydrogens is 291 g/mol. The van der Waals surface area contributed by atoms with Crippen LogP contribution in [-0.2, 0) is 0 Å². The molecule has 2 aromatic rings. The topological polar surface area (TPSA) is 42.0 Å². The van der Waals surface area contributed by atoms with Gasteiger partial charge in [0.2, 0.25) is 0 Å². The van der Waals surface area contributed by atoms with Crippen molar-refractivity contribution >= 4 is 45.5 Å². The fourth-order valence-corrected chi connectivity index (χ4v) is 2.91. The second-order valence-corrected chi connectivity index (χ2v) is 5.53. The maximum Gasteiger partial charge on any atom is 0.183 e. The second kappa shape index (κ2) is 5.26. The molecule has 0 radical (unpaired) electrons. The molecule has 0 aliphatic carbocycles. The molecule has 1 heterocycles. The van der Waals surface area contributed by atoms with Crippen LogP contribution in [0.5, 0.6) is 0 Å². The number of Topliss-reactive ketones (excluding diaryl/α,β-unsaturated/α-hetero) is 1. The number of ketones is 1. The number of thiazole rings is 1. The fraction of sp³-hybridized carbons (Fsp3) is 0.167. The molecule has 0 saturated heterocycles. The lowest BCUT2D eigenvalue weighted by molar-refractivity contribution is 0.102. The van der Waals surface area contributed by atoms with Crippen LogP contribution in [-0.4, -0.2) is 17.8 Å². The highest BCUT2D eigenvalue weighted by Crippen LogP contribution is 2.34. The van der Waals surface area contributed by atoms with Crippen molar-refractivity contribution in [3.63, 3.8) is 0 Å². The average molecular weight is 301 g/mol. The maximum atomic E-state index is 11.6. The van der Waals surface area contributed by atoms with Crippen LogP contribution in [0, 0.1) is 0 Å². The summed E-state index contributed by atoms with van der Waals surface area (Å²) in [5, 5.41) is 4.66. The van der Waals surface area contributed by atoms with E-state index < -0.39 is 0 Å². The van der Waals surface area contributed by atoms with E-state index in [1.165, 1.54) is 18.3 Å². The smallest absolute Gasteiger partial charge is 0.183 e. The number of nitrogens with zero attached hydrogens (tertiary/aromatic N) is 1. The molecule has 2 rings (SSSR count). The number of aromatic nitrogens is 1. The predicted octanol–water partition coefficient (Wildman–Crippen LogP) is 4.36. The number of carbonyl (C=O) groups excluding carboxylic acids is 1. The predicted molar refractivity (Wildman–Crippen MR) is 77.1 cm³/mol. The number of anilines is 1. The minimum absolute atomic E-state index is 0.0277. The van der Waals surface area contributed by atoms with Gasteiger partial charge in [0.1, 0.15) is 0 Å². The maximum absolute atomic E-state index is 11.6. The first-order valence-corrected chi connectivity index (χ1v) is 6.74. The summed E-state index contributed by atoms with van der Waals surface area (Å²) in [7, 11) is 1.76. The largest absolute Gasteiger partial charge is 0.365 e. The van der Waals surface area contributed by atoms with Crippen molar-refractivity contribution < 1.29 is 4.79 Å².